The van der Waals surface area contributed by atoms with Crippen LogP contribution in [-0.4, -0.2) is 14.1 Å². The molecule has 0 unspecified atom stereocenters. The molecule has 1 N–H and O–H groups in total. The summed E-state index contributed by atoms with van der Waals surface area (Å²) in [5.74, 6) is 0. The van der Waals surface area contributed by atoms with E-state index in [1.165, 1.54) is 35.0 Å². The fourth-order valence-corrected chi connectivity index (χ4v) is 1.30. The van der Waals surface area contributed by atoms with Gasteiger partial charge in [0.1, 0.15) is 12.2 Å². The van der Waals surface area contributed by atoms with Crippen LogP contribution < -0.4 is 11.1 Å². The molecule has 2 rings (SSSR count). The Hall–Kier alpha value is -1.88. The molecule has 2 heterocycles. The van der Waals surface area contributed by atoms with Crippen molar-refractivity contribution in [3.05, 3.63) is 51.3 Å². The van der Waals surface area contributed by atoms with Crippen LogP contribution in [0.3, 0.4) is 0 Å². The first kappa shape index (κ1) is 8.71. The molecule has 2 aromatic heterocycles. The van der Waals surface area contributed by atoms with E-state index in [2.05, 4.69) is 0 Å². The van der Waals surface area contributed by atoms with Gasteiger partial charge in [-0.2, -0.15) is 0 Å². The largest absolute Gasteiger partial charge is 0.376 e. The Kier molecular flexibility index (Phi) is 1.94. The summed E-state index contributed by atoms with van der Waals surface area (Å²) in [5.41, 5.74) is -0.383. The van der Waals surface area contributed by atoms with Crippen LogP contribution in [-0.2, 0) is 6.73 Å². The number of fused-ring (bicyclic) bond motifs is 1. The van der Waals surface area contributed by atoms with Gasteiger partial charge in [-0.1, -0.05) is 6.07 Å². The fourth-order valence-electron chi connectivity index (χ4n) is 1.30. The molecule has 0 aliphatic carbocycles. The molecule has 0 spiro atoms. The first-order valence-electron chi connectivity index (χ1n) is 4.06. The van der Waals surface area contributed by atoms with E-state index < -0.39 is 6.73 Å². The normalized spacial score (nSPS) is 10.6. The van der Waals surface area contributed by atoms with E-state index in [1.54, 1.807) is 0 Å². The zero-order valence-electron chi connectivity index (χ0n) is 7.25. The Labute approximate surface area is 78.5 Å². The van der Waals surface area contributed by atoms with Crippen LogP contribution in [0.4, 0.5) is 0 Å². The SMILES string of the molecule is O=c1c2cccc(=O)n2ccn1CO. The Morgan fingerprint density at radius 3 is 2.71 bits per heavy atom. The molecule has 0 bridgehead atoms. The van der Waals surface area contributed by atoms with Gasteiger partial charge in [-0.15, -0.1) is 0 Å². The lowest BCUT2D eigenvalue weighted by atomic mass is 10.4. The van der Waals surface area contributed by atoms with Gasteiger partial charge in [0.15, 0.2) is 0 Å². The zero-order valence-corrected chi connectivity index (χ0v) is 7.25. The minimum atomic E-state index is -0.390. The van der Waals surface area contributed by atoms with Crippen molar-refractivity contribution in [1.82, 2.24) is 8.97 Å². The van der Waals surface area contributed by atoms with Crippen molar-refractivity contribution in [1.29, 1.82) is 0 Å². The Bertz CT molecular complexity index is 582. The quantitative estimate of drug-likeness (QED) is 0.657. The molecule has 14 heavy (non-hydrogen) atoms. The highest BCUT2D eigenvalue weighted by Crippen LogP contribution is 1.91. The van der Waals surface area contributed by atoms with Gasteiger partial charge in [0.2, 0.25) is 0 Å². The van der Waals surface area contributed by atoms with Crippen molar-refractivity contribution in [3.63, 3.8) is 0 Å². The number of hydrogen-bond donors (Lipinski definition) is 1. The van der Waals surface area contributed by atoms with E-state index in [0.29, 0.717) is 0 Å². The molecule has 2 aromatic rings. The number of aliphatic hydroxyl groups is 1. The smallest absolute Gasteiger partial charge is 0.276 e. The maximum Gasteiger partial charge on any atom is 0.276 e. The van der Waals surface area contributed by atoms with E-state index in [9.17, 15) is 9.59 Å². The Morgan fingerprint density at radius 2 is 2.00 bits per heavy atom. The lowest BCUT2D eigenvalue weighted by molar-refractivity contribution is 0.206. The van der Waals surface area contributed by atoms with Crippen molar-refractivity contribution in [2.75, 3.05) is 0 Å². The van der Waals surface area contributed by atoms with Crippen LogP contribution in [0.2, 0.25) is 0 Å². The van der Waals surface area contributed by atoms with E-state index in [-0.39, 0.29) is 16.6 Å². The first-order valence-corrected chi connectivity index (χ1v) is 4.06. The van der Waals surface area contributed by atoms with E-state index in [1.807, 2.05) is 0 Å². The molecular weight excluding hydrogens is 184 g/mol. The molecule has 5 nitrogen and oxygen atoms in total. The number of aromatic nitrogens is 2. The van der Waals surface area contributed by atoms with E-state index in [0.717, 1.165) is 4.57 Å². The fraction of sp³-hybridized carbons (Fsp3) is 0.111. The number of nitrogens with zero attached hydrogens (tertiary/aromatic N) is 2. The van der Waals surface area contributed by atoms with Crippen molar-refractivity contribution in [3.8, 4) is 0 Å². The van der Waals surface area contributed by atoms with Crippen LogP contribution in [0.25, 0.3) is 5.52 Å². The molecule has 0 aliphatic heterocycles. The van der Waals surface area contributed by atoms with Gasteiger partial charge < -0.3 is 5.11 Å². The summed E-state index contributed by atoms with van der Waals surface area (Å²) >= 11 is 0. The maximum absolute atomic E-state index is 11.6. The van der Waals surface area contributed by atoms with Gasteiger partial charge in [-0.05, 0) is 6.07 Å². The van der Waals surface area contributed by atoms with E-state index in [4.69, 9.17) is 5.11 Å². The number of rotatable bonds is 1. The van der Waals surface area contributed by atoms with Crippen LogP contribution in [0, 0.1) is 0 Å². The summed E-state index contributed by atoms with van der Waals surface area (Å²) in [5, 5.41) is 8.82. The Morgan fingerprint density at radius 1 is 1.21 bits per heavy atom. The zero-order chi connectivity index (χ0) is 10.1. The molecule has 0 fully saturated rings. The maximum atomic E-state index is 11.6. The highest BCUT2D eigenvalue weighted by molar-refractivity contribution is 5.43. The summed E-state index contributed by atoms with van der Waals surface area (Å²) in [7, 11) is 0. The van der Waals surface area contributed by atoms with Crippen molar-refractivity contribution < 1.29 is 5.11 Å². The molecule has 0 saturated carbocycles. The summed E-state index contributed by atoms with van der Waals surface area (Å²) in [4.78, 5) is 22.8. The van der Waals surface area contributed by atoms with Crippen LogP contribution in [0.1, 0.15) is 0 Å². The van der Waals surface area contributed by atoms with Crippen molar-refractivity contribution in [2.24, 2.45) is 0 Å². The third-order valence-corrected chi connectivity index (χ3v) is 2.02. The number of hydrogen-bond acceptors (Lipinski definition) is 3. The average molecular weight is 192 g/mol. The molecule has 0 aliphatic rings. The van der Waals surface area contributed by atoms with Gasteiger partial charge in [-0.25, -0.2) is 0 Å². The lowest BCUT2D eigenvalue weighted by Gasteiger charge is -2.03. The molecule has 5 heteroatoms. The summed E-state index contributed by atoms with van der Waals surface area (Å²) < 4.78 is 2.36. The average Bonchev–Trinajstić information content (AvgIpc) is 2.20. The predicted molar refractivity (Wildman–Crippen MR) is 50.1 cm³/mol. The number of aliphatic hydroxyl groups excluding tert-OH is 1. The van der Waals surface area contributed by atoms with Crippen molar-refractivity contribution >= 4 is 5.52 Å². The molecule has 0 amide bonds. The number of pyridine rings is 1. The molecule has 0 aromatic carbocycles. The predicted octanol–water partition coefficient (Wildman–Crippen LogP) is -0.589. The summed E-state index contributed by atoms with van der Waals surface area (Å²) in [6.07, 6.45) is 2.83. The van der Waals surface area contributed by atoms with Crippen LogP contribution in [0.15, 0.2) is 40.2 Å². The third-order valence-electron chi connectivity index (χ3n) is 2.02. The lowest BCUT2D eigenvalue weighted by Crippen LogP contribution is -2.25. The van der Waals surface area contributed by atoms with Crippen LogP contribution in [0.5, 0.6) is 0 Å². The minimum Gasteiger partial charge on any atom is -0.376 e. The highest BCUT2D eigenvalue weighted by atomic mass is 16.3. The standard InChI is InChI=1S/C9H8N2O3/c12-6-10-4-5-11-7(9(10)14)2-1-3-8(11)13/h1-5,12H,6H2. The molecule has 0 atom stereocenters. The molecular formula is C9H8N2O3. The molecule has 72 valence electrons. The van der Waals surface area contributed by atoms with Crippen LogP contribution >= 0.6 is 0 Å². The second kappa shape index (κ2) is 3.12. The second-order valence-electron chi connectivity index (χ2n) is 2.83. The first-order chi connectivity index (χ1) is 6.74. The highest BCUT2D eigenvalue weighted by Gasteiger charge is 2.01. The van der Waals surface area contributed by atoms with E-state index >= 15 is 0 Å². The minimum absolute atomic E-state index is 0.258. The third kappa shape index (κ3) is 1.14. The van der Waals surface area contributed by atoms with Gasteiger partial charge in [0, 0.05) is 18.5 Å². The molecule has 0 saturated heterocycles. The van der Waals surface area contributed by atoms with Crippen molar-refractivity contribution in [2.45, 2.75) is 6.73 Å². The molecule has 0 radical (unpaired) electrons. The summed E-state index contributed by atoms with van der Waals surface area (Å²) in [6, 6.07) is 4.42. The monoisotopic (exact) mass is 192 g/mol. The summed E-state index contributed by atoms with van der Waals surface area (Å²) in [6.45, 7) is -0.390. The topological polar surface area (TPSA) is 63.7 Å². The van der Waals surface area contributed by atoms with Gasteiger partial charge in [0.05, 0.1) is 0 Å². The van der Waals surface area contributed by atoms with Gasteiger partial charge in [-0.3, -0.25) is 18.6 Å². The Balaban J connectivity index is 2.98. The van der Waals surface area contributed by atoms with Gasteiger partial charge >= 0.3 is 0 Å². The van der Waals surface area contributed by atoms with Gasteiger partial charge in [0.25, 0.3) is 11.1 Å². The second-order valence-corrected chi connectivity index (χ2v) is 2.83.